The molecule has 0 atom stereocenters. The van der Waals surface area contributed by atoms with Crippen LogP contribution in [0, 0.1) is 0 Å². The second-order valence-electron chi connectivity index (χ2n) is 5.30. The highest BCUT2D eigenvalue weighted by molar-refractivity contribution is 5.97. The van der Waals surface area contributed by atoms with E-state index >= 15 is 0 Å². The standard InChI is InChI=1S/C11H20N2O3/c1-10(2,16-5)7-13-6-8(14)12-11(3,4)9(13)15/h6-7H2,1-5H3,(H,12,14). The number of rotatable bonds is 3. The van der Waals surface area contributed by atoms with Crippen molar-refractivity contribution in [1.29, 1.82) is 0 Å². The zero-order valence-corrected chi connectivity index (χ0v) is 10.6. The first-order valence-electron chi connectivity index (χ1n) is 5.33. The molecule has 0 saturated carbocycles. The largest absolute Gasteiger partial charge is 0.377 e. The van der Waals surface area contributed by atoms with E-state index in [2.05, 4.69) is 5.32 Å². The van der Waals surface area contributed by atoms with Crippen LogP contribution in [0.25, 0.3) is 0 Å². The number of carbonyl (C=O) groups is 2. The van der Waals surface area contributed by atoms with Crippen molar-refractivity contribution in [3.05, 3.63) is 0 Å². The number of nitrogens with one attached hydrogen (secondary N) is 1. The highest BCUT2D eigenvalue weighted by Crippen LogP contribution is 2.17. The first-order chi connectivity index (χ1) is 7.18. The van der Waals surface area contributed by atoms with Crippen molar-refractivity contribution >= 4 is 11.8 Å². The number of methoxy groups -OCH3 is 1. The van der Waals surface area contributed by atoms with Crippen LogP contribution in [-0.4, -0.2) is 48.1 Å². The second-order valence-corrected chi connectivity index (χ2v) is 5.30. The number of hydrogen-bond donors (Lipinski definition) is 1. The summed E-state index contributed by atoms with van der Waals surface area (Å²) in [4.78, 5) is 25.0. The lowest BCUT2D eigenvalue weighted by Gasteiger charge is -2.40. The van der Waals surface area contributed by atoms with Gasteiger partial charge in [0.2, 0.25) is 11.8 Å². The summed E-state index contributed by atoms with van der Waals surface area (Å²) in [5.41, 5.74) is -1.26. The first kappa shape index (κ1) is 13.0. The van der Waals surface area contributed by atoms with Gasteiger partial charge in [0.15, 0.2) is 0 Å². The molecule has 1 rings (SSSR count). The summed E-state index contributed by atoms with van der Waals surface area (Å²) in [5.74, 6) is -0.200. The molecule has 0 unspecified atom stereocenters. The zero-order valence-electron chi connectivity index (χ0n) is 10.6. The molecule has 5 heteroatoms. The molecule has 1 N–H and O–H groups in total. The highest BCUT2D eigenvalue weighted by atomic mass is 16.5. The second kappa shape index (κ2) is 4.05. The van der Waals surface area contributed by atoms with E-state index in [0.29, 0.717) is 6.54 Å². The molecule has 0 aliphatic carbocycles. The highest BCUT2D eigenvalue weighted by Gasteiger charge is 2.40. The Balaban J connectivity index is 2.80. The van der Waals surface area contributed by atoms with Crippen molar-refractivity contribution in [2.24, 2.45) is 0 Å². The number of carbonyl (C=O) groups excluding carboxylic acids is 2. The molecule has 92 valence electrons. The third kappa shape index (κ3) is 2.72. The molecule has 0 bridgehead atoms. The van der Waals surface area contributed by atoms with Gasteiger partial charge in [-0.05, 0) is 27.7 Å². The van der Waals surface area contributed by atoms with Crippen molar-refractivity contribution < 1.29 is 14.3 Å². The molecule has 1 aliphatic rings. The fourth-order valence-corrected chi connectivity index (χ4v) is 1.73. The zero-order chi connectivity index (χ0) is 12.6. The van der Waals surface area contributed by atoms with Crippen molar-refractivity contribution in [3.63, 3.8) is 0 Å². The summed E-state index contributed by atoms with van der Waals surface area (Å²) in [6.07, 6.45) is 0. The van der Waals surface area contributed by atoms with Gasteiger partial charge >= 0.3 is 0 Å². The van der Waals surface area contributed by atoms with E-state index in [1.54, 1.807) is 25.9 Å². The summed E-state index contributed by atoms with van der Waals surface area (Å²) >= 11 is 0. The van der Waals surface area contributed by atoms with Crippen molar-refractivity contribution in [2.45, 2.75) is 38.8 Å². The van der Waals surface area contributed by atoms with E-state index in [9.17, 15) is 9.59 Å². The Morgan fingerprint density at radius 3 is 2.50 bits per heavy atom. The van der Waals surface area contributed by atoms with Crippen LogP contribution in [0.2, 0.25) is 0 Å². The molecule has 0 radical (unpaired) electrons. The SMILES string of the molecule is COC(C)(C)CN1CC(=O)NC(C)(C)C1=O. The van der Waals surface area contributed by atoms with E-state index in [1.165, 1.54) is 0 Å². The van der Waals surface area contributed by atoms with Crippen molar-refractivity contribution in [2.75, 3.05) is 20.2 Å². The molecular formula is C11H20N2O3. The topological polar surface area (TPSA) is 58.6 Å². The first-order valence-corrected chi connectivity index (χ1v) is 5.33. The average Bonchev–Trinajstić information content (AvgIpc) is 2.12. The quantitative estimate of drug-likeness (QED) is 0.748. The molecule has 16 heavy (non-hydrogen) atoms. The number of ether oxygens (including phenoxy) is 1. The maximum Gasteiger partial charge on any atom is 0.248 e. The number of amides is 2. The van der Waals surface area contributed by atoms with Gasteiger partial charge in [-0.25, -0.2) is 0 Å². The van der Waals surface area contributed by atoms with Gasteiger partial charge in [0.1, 0.15) is 5.54 Å². The number of piperazine rings is 1. The van der Waals surface area contributed by atoms with Crippen molar-refractivity contribution in [1.82, 2.24) is 10.2 Å². The average molecular weight is 228 g/mol. The van der Waals surface area contributed by atoms with Crippen LogP contribution >= 0.6 is 0 Å². The van der Waals surface area contributed by atoms with Gasteiger partial charge in [-0.3, -0.25) is 9.59 Å². The predicted molar refractivity (Wildman–Crippen MR) is 59.9 cm³/mol. The molecule has 1 aliphatic heterocycles. The van der Waals surface area contributed by atoms with Crippen LogP contribution in [-0.2, 0) is 14.3 Å². The minimum Gasteiger partial charge on any atom is -0.377 e. The molecule has 2 amide bonds. The molecule has 0 aromatic heterocycles. The van der Waals surface area contributed by atoms with E-state index in [0.717, 1.165) is 0 Å². The maximum atomic E-state index is 12.0. The minimum atomic E-state index is -0.820. The number of nitrogens with zero attached hydrogens (tertiary/aromatic N) is 1. The van der Waals surface area contributed by atoms with Crippen LogP contribution in [0.1, 0.15) is 27.7 Å². The Hall–Kier alpha value is -1.10. The maximum absolute atomic E-state index is 12.0. The molecule has 1 fully saturated rings. The predicted octanol–water partition coefficient (Wildman–Crippen LogP) is 0.148. The van der Waals surface area contributed by atoms with E-state index < -0.39 is 11.1 Å². The van der Waals surface area contributed by atoms with Crippen LogP contribution in [0.5, 0.6) is 0 Å². The van der Waals surface area contributed by atoms with E-state index in [1.807, 2.05) is 13.8 Å². The lowest BCUT2D eigenvalue weighted by Crippen LogP contribution is -2.65. The fraction of sp³-hybridized carbons (Fsp3) is 0.818. The normalized spacial score (nSPS) is 20.9. The van der Waals surface area contributed by atoms with E-state index in [-0.39, 0.29) is 18.4 Å². The summed E-state index contributed by atoms with van der Waals surface area (Å²) in [6.45, 7) is 7.71. The molecule has 5 nitrogen and oxygen atoms in total. The Morgan fingerprint density at radius 1 is 1.44 bits per heavy atom. The van der Waals surface area contributed by atoms with Crippen LogP contribution < -0.4 is 5.32 Å². The summed E-state index contributed by atoms with van der Waals surface area (Å²) in [5, 5.41) is 2.67. The molecule has 1 saturated heterocycles. The lowest BCUT2D eigenvalue weighted by molar-refractivity contribution is -0.151. The molecule has 0 aromatic rings. The van der Waals surface area contributed by atoms with Gasteiger partial charge in [0.25, 0.3) is 0 Å². The summed E-state index contributed by atoms with van der Waals surface area (Å²) < 4.78 is 5.27. The Kier molecular flexibility index (Phi) is 3.28. The van der Waals surface area contributed by atoms with Crippen LogP contribution in [0.15, 0.2) is 0 Å². The molecule has 0 aromatic carbocycles. The van der Waals surface area contributed by atoms with Gasteiger partial charge in [0, 0.05) is 13.7 Å². The Bertz CT molecular complexity index is 310. The lowest BCUT2D eigenvalue weighted by atomic mass is 9.98. The smallest absolute Gasteiger partial charge is 0.248 e. The van der Waals surface area contributed by atoms with Gasteiger partial charge in [0.05, 0.1) is 12.1 Å². The minimum absolute atomic E-state index is 0.0720. The van der Waals surface area contributed by atoms with Gasteiger partial charge in [-0.2, -0.15) is 0 Å². The van der Waals surface area contributed by atoms with E-state index in [4.69, 9.17) is 4.74 Å². The monoisotopic (exact) mass is 228 g/mol. The summed E-state index contributed by atoms with van der Waals surface area (Å²) in [6, 6.07) is 0. The van der Waals surface area contributed by atoms with Gasteiger partial charge in [-0.15, -0.1) is 0 Å². The molecule has 1 heterocycles. The van der Waals surface area contributed by atoms with Crippen LogP contribution in [0.3, 0.4) is 0 Å². The number of hydrogen-bond acceptors (Lipinski definition) is 3. The van der Waals surface area contributed by atoms with Crippen molar-refractivity contribution in [3.8, 4) is 0 Å². The van der Waals surface area contributed by atoms with Gasteiger partial charge < -0.3 is 15.0 Å². The third-order valence-electron chi connectivity index (χ3n) is 2.73. The summed E-state index contributed by atoms with van der Waals surface area (Å²) in [7, 11) is 1.60. The van der Waals surface area contributed by atoms with Crippen LogP contribution in [0.4, 0.5) is 0 Å². The Morgan fingerprint density at radius 2 is 2.00 bits per heavy atom. The molecular weight excluding hydrogens is 208 g/mol. The fourth-order valence-electron chi connectivity index (χ4n) is 1.73. The third-order valence-corrected chi connectivity index (χ3v) is 2.73. The van der Waals surface area contributed by atoms with Gasteiger partial charge in [-0.1, -0.05) is 0 Å². The molecule has 0 spiro atoms. The Labute approximate surface area is 96.1 Å².